The van der Waals surface area contributed by atoms with Crippen molar-refractivity contribution in [3.05, 3.63) is 0 Å². The van der Waals surface area contributed by atoms with Gasteiger partial charge in [-0.1, -0.05) is 0 Å². The molecule has 11 nitrogen and oxygen atoms in total. The number of Topliss-reactive ketones (excluding diaryl/α,β-unsaturated/α-hetero) is 3. The van der Waals surface area contributed by atoms with Gasteiger partial charge in [-0.15, -0.1) is 12.4 Å². The average molecular weight is 469 g/mol. The topological polar surface area (TPSA) is 172 Å². The van der Waals surface area contributed by atoms with E-state index in [4.69, 9.17) is 0 Å². The fourth-order valence-corrected chi connectivity index (χ4v) is 3.01. The molecule has 0 heterocycles. The maximum absolute atomic E-state index is 12.2. The number of carboxylic acids is 2. The molecule has 0 aromatic heterocycles. The number of quaternary nitrogens is 2. The van der Waals surface area contributed by atoms with Gasteiger partial charge in [0.25, 0.3) is 0 Å². The molecule has 2 N–H and O–H groups in total. The van der Waals surface area contributed by atoms with Gasteiger partial charge in [0.15, 0.2) is 11.6 Å². The lowest BCUT2D eigenvalue weighted by molar-refractivity contribution is -0.873. The lowest BCUT2D eigenvalue weighted by Gasteiger charge is -2.31. The molecule has 0 aromatic carbocycles. The molecule has 180 valence electrons. The third-order valence-electron chi connectivity index (χ3n) is 4.18. The van der Waals surface area contributed by atoms with Gasteiger partial charge < -0.3 is 39.0 Å². The Morgan fingerprint density at radius 3 is 1.13 bits per heavy atom. The largest absolute Gasteiger partial charge is 0.549 e. The van der Waals surface area contributed by atoms with Crippen molar-refractivity contribution in [2.45, 2.75) is 25.0 Å². The van der Waals surface area contributed by atoms with Crippen LogP contribution in [0.2, 0.25) is 0 Å². The Morgan fingerprint density at radius 1 is 0.677 bits per heavy atom. The van der Waals surface area contributed by atoms with Crippen LogP contribution in [0.4, 0.5) is 0 Å². The fourth-order valence-electron chi connectivity index (χ4n) is 3.01. The Labute approximate surface area is 187 Å². The summed E-state index contributed by atoms with van der Waals surface area (Å²) in [5, 5.41) is 42.7. The number of nitrogens with zero attached hydrogens (tertiary/aromatic N) is 2. The molecule has 0 aliphatic rings. The minimum absolute atomic E-state index is 0. The number of ketones is 3. The van der Waals surface area contributed by atoms with Gasteiger partial charge >= 0.3 is 0 Å². The molecule has 4 unspecified atom stereocenters. The number of rotatable bonds is 14. The number of carboxylic acid groups (broad SMARTS) is 2. The average Bonchev–Trinajstić information content (AvgIpc) is 2.41. The predicted molar refractivity (Wildman–Crippen MR) is 106 cm³/mol. The van der Waals surface area contributed by atoms with E-state index in [-0.39, 0.29) is 34.5 Å². The van der Waals surface area contributed by atoms with Gasteiger partial charge in [-0.2, -0.15) is 0 Å². The molecule has 0 radical (unpaired) electrons. The summed E-state index contributed by atoms with van der Waals surface area (Å²) in [5.41, 5.74) is 0. The van der Waals surface area contributed by atoms with Crippen LogP contribution in [0.1, 0.15) is 12.8 Å². The molecule has 0 aliphatic carbocycles. The van der Waals surface area contributed by atoms with Crippen LogP contribution in [0.3, 0.4) is 0 Å². The first kappa shape index (κ1) is 31.3. The Morgan fingerprint density at radius 2 is 0.935 bits per heavy atom. The van der Waals surface area contributed by atoms with Crippen molar-refractivity contribution >= 4 is 41.7 Å². The molecule has 0 rings (SSSR count). The van der Waals surface area contributed by atoms with Gasteiger partial charge in [-0.25, -0.2) is 0 Å². The molecular weight excluding hydrogens is 436 g/mol. The first-order valence-electron chi connectivity index (χ1n) is 9.31. The molecule has 0 saturated carbocycles. The van der Waals surface area contributed by atoms with E-state index >= 15 is 0 Å². The quantitative estimate of drug-likeness (QED) is 0.189. The highest BCUT2D eigenvalue weighted by Gasteiger charge is 2.35. The van der Waals surface area contributed by atoms with E-state index in [1.165, 1.54) is 0 Å². The summed E-state index contributed by atoms with van der Waals surface area (Å²) < 4.78 is 0.282. The zero-order chi connectivity index (χ0) is 24.0. The molecule has 0 bridgehead atoms. The lowest BCUT2D eigenvalue weighted by atomic mass is 9.89. The van der Waals surface area contributed by atoms with Gasteiger partial charge in [-0.05, 0) is 0 Å². The Bertz CT molecular complexity index is 627. The predicted octanol–water partition coefficient (Wildman–Crippen LogP) is -4.24. The molecule has 0 spiro atoms. The molecule has 0 saturated heterocycles. The summed E-state index contributed by atoms with van der Waals surface area (Å²) in [6.45, 7) is -0.219. The van der Waals surface area contributed by atoms with E-state index in [1.807, 2.05) is 0 Å². The zero-order valence-electron chi connectivity index (χ0n) is 18.7. The van der Waals surface area contributed by atoms with Crippen LogP contribution in [0.5, 0.6) is 0 Å². The van der Waals surface area contributed by atoms with Crippen molar-refractivity contribution in [1.29, 1.82) is 0 Å². The number of aliphatic hydroxyl groups excluding tert-OH is 2. The standard InChI is InChI=1S/C19H32N2O9.ClH/c1-20(2,3)9-14(25)16(18(27)28)12(23)7-11(22)8-13(24)17(19(29)30)15(26)10-21(4,5)6;/h14-17,25-26H,7-10H2,1-6H3;1H. The summed E-state index contributed by atoms with van der Waals surface area (Å²) in [5.74, 6) is -11.0. The highest BCUT2D eigenvalue weighted by Crippen LogP contribution is 2.15. The molecule has 0 aromatic rings. The second-order valence-corrected chi connectivity index (χ2v) is 9.50. The minimum atomic E-state index is -1.97. The van der Waals surface area contributed by atoms with Gasteiger partial charge in [0, 0.05) is 0 Å². The number of likely N-dealkylation sites (N-methyl/N-ethyl adjacent to an activating group) is 2. The molecule has 12 heteroatoms. The van der Waals surface area contributed by atoms with E-state index < -0.39 is 66.2 Å². The van der Waals surface area contributed by atoms with Crippen molar-refractivity contribution in [2.24, 2.45) is 11.8 Å². The first-order chi connectivity index (χ1) is 13.4. The fraction of sp³-hybridized carbons (Fsp3) is 0.737. The number of carbonyl (C=O) groups is 5. The maximum atomic E-state index is 12.2. The summed E-state index contributed by atoms with van der Waals surface area (Å²) in [6.07, 6.45) is -5.23. The SMILES string of the molecule is C[N+](C)(C)CC(O)C(C(=O)[O-])C(=O)CC(=O)CC(=O)C(C(=O)[O-])C(O)C[N+](C)(C)C.Cl. The van der Waals surface area contributed by atoms with Gasteiger partial charge in [-0.3, -0.25) is 14.4 Å². The molecule has 4 atom stereocenters. The highest BCUT2D eigenvalue weighted by atomic mass is 35.5. The zero-order valence-corrected chi connectivity index (χ0v) is 19.5. The molecule has 31 heavy (non-hydrogen) atoms. The summed E-state index contributed by atoms with van der Waals surface area (Å²) >= 11 is 0. The summed E-state index contributed by atoms with van der Waals surface area (Å²) in [4.78, 5) is 59.1. The molecule has 0 aliphatic heterocycles. The van der Waals surface area contributed by atoms with Crippen molar-refractivity contribution < 1.29 is 53.4 Å². The van der Waals surface area contributed by atoms with Crippen LogP contribution in [-0.4, -0.2) is 116 Å². The maximum Gasteiger partial charge on any atom is 0.151 e. The number of aliphatic hydroxyl groups is 2. The van der Waals surface area contributed by atoms with Gasteiger partial charge in [0.1, 0.15) is 31.1 Å². The second-order valence-electron chi connectivity index (χ2n) is 9.50. The number of halogens is 1. The molecule has 0 amide bonds. The summed E-state index contributed by atoms with van der Waals surface area (Å²) in [7, 11) is 9.95. The molecular formula is C19H33ClN2O9. The second kappa shape index (κ2) is 12.2. The van der Waals surface area contributed by atoms with E-state index in [2.05, 4.69) is 0 Å². The van der Waals surface area contributed by atoms with Crippen LogP contribution in [-0.2, 0) is 24.0 Å². The number of hydrogen-bond acceptors (Lipinski definition) is 9. The van der Waals surface area contributed by atoms with Crippen LogP contribution in [0.25, 0.3) is 0 Å². The first-order valence-corrected chi connectivity index (χ1v) is 9.31. The van der Waals surface area contributed by atoms with E-state index in [0.29, 0.717) is 0 Å². The van der Waals surface area contributed by atoms with Crippen molar-refractivity contribution in [3.63, 3.8) is 0 Å². The number of aliphatic carboxylic acids is 2. The number of hydrogen-bond donors (Lipinski definition) is 2. The van der Waals surface area contributed by atoms with E-state index in [0.717, 1.165) is 0 Å². The van der Waals surface area contributed by atoms with Crippen molar-refractivity contribution in [3.8, 4) is 0 Å². The summed E-state index contributed by atoms with van der Waals surface area (Å²) in [6, 6.07) is 0. The molecule has 0 fully saturated rings. The van der Waals surface area contributed by atoms with Crippen LogP contribution < -0.4 is 10.2 Å². The third kappa shape index (κ3) is 11.9. The Hall–Kier alpha value is -1.92. The highest BCUT2D eigenvalue weighted by molar-refractivity contribution is 6.14. The van der Waals surface area contributed by atoms with Crippen molar-refractivity contribution in [2.75, 3.05) is 55.4 Å². The Kier molecular flexibility index (Phi) is 12.3. The van der Waals surface area contributed by atoms with Crippen LogP contribution in [0.15, 0.2) is 0 Å². The van der Waals surface area contributed by atoms with Gasteiger partial charge in [0.2, 0.25) is 0 Å². The monoisotopic (exact) mass is 468 g/mol. The van der Waals surface area contributed by atoms with E-state index in [9.17, 15) is 44.4 Å². The van der Waals surface area contributed by atoms with Gasteiger partial charge in [0.05, 0.1) is 78.9 Å². The van der Waals surface area contributed by atoms with Crippen LogP contribution in [0, 0.1) is 11.8 Å². The smallest absolute Gasteiger partial charge is 0.151 e. The number of carbonyl (C=O) groups excluding carboxylic acids is 5. The Balaban J connectivity index is 0. The normalized spacial score (nSPS) is 15.7. The van der Waals surface area contributed by atoms with E-state index in [1.54, 1.807) is 42.3 Å². The lowest BCUT2D eigenvalue weighted by Crippen LogP contribution is -2.52. The third-order valence-corrected chi connectivity index (χ3v) is 4.18. The minimum Gasteiger partial charge on any atom is -0.549 e. The van der Waals surface area contributed by atoms with Crippen LogP contribution >= 0.6 is 12.4 Å². The van der Waals surface area contributed by atoms with Crippen molar-refractivity contribution in [1.82, 2.24) is 0 Å².